The molecular formula is C31H21ClF4N4O2. The van der Waals surface area contributed by atoms with Gasteiger partial charge in [-0.2, -0.15) is 18.2 Å². The van der Waals surface area contributed by atoms with Crippen molar-refractivity contribution in [3.8, 4) is 40.4 Å². The number of alkyl halides is 3. The molecule has 0 fully saturated rings. The lowest BCUT2D eigenvalue weighted by molar-refractivity contribution is -0.137. The average Bonchev–Trinajstić information content (AvgIpc) is 2.94. The van der Waals surface area contributed by atoms with Crippen LogP contribution in [-0.2, 0) is 12.8 Å². The van der Waals surface area contributed by atoms with Gasteiger partial charge in [0.2, 0.25) is 0 Å². The number of hydrogen-bond donors (Lipinski definition) is 1. The van der Waals surface area contributed by atoms with Gasteiger partial charge in [-0.25, -0.2) is 14.2 Å². The molecule has 0 spiro atoms. The molecule has 0 saturated carbocycles. The summed E-state index contributed by atoms with van der Waals surface area (Å²) in [6.45, 7) is 1.69. The van der Waals surface area contributed by atoms with E-state index in [-0.39, 0.29) is 36.4 Å². The van der Waals surface area contributed by atoms with Crippen LogP contribution in [0.25, 0.3) is 22.8 Å². The van der Waals surface area contributed by atoms with E-state index in [4.69, 9.17) is 4.74 Å². The van der Waals surface area contributed by atoms with Crippen LogP contribution in [0.15, 0.2) is 89.7 Å². The Morgan fingerprint density at radius 1 is 0.857 bits per heavy atom. The van der Waals surface area contributed by atoms with E-state index in [1.165, 1.54) is 24.3 Å². The molecule has 1 N–H and O–H groups in total. The minimum absolute atomic E-state index is 0. The molecule has 2 aromatic heterocycles. The first-order valence-corrected chi connectivity index (χ1v) is 12.3. The van der Waals surface area contributed by atoms with Gasteiger partial charge in [-0.15, -0.1) is 12.4 Å². The van der Waals surface area contributed by atoms with Gasteiger partial charge in [0, 0.05) is 22.4 Å². The van der Waals surface area contributed by atoms with Gasteiger partial charge in [-0.3, -0.25) is 9.97 Å². The van der Waals surface area contributed by atoms with Crippen molar-refractivity contribution < 1.29 is 22.3 Å². The fraction of sp³-hybridized carbons (Fsp3) is 0.0968. The van der Waals surface area contributed by atoms with E-state index in [0.717, 1.165) is 11.8 Å². The minimum atomic E-state index is -4.76. The molecule has 0 aliphatic rings. The second kappa shape index (κ2) is 12.7. The number of halogens is 5. The lowest BCUT2D eigenvalue weighted by Crippen LogP contribution is -2.17. The Labute approximate surface area is 243 Å². The zero-order valence-electron chi connectivity index (χ0n) is 21.9. The van der Waals surface area contributed by atoms with Gasteiger partial charge in [0.15, 0.2) is 5.82 Å². The Morgan fingerprint density at radius 2 is 1.57 bits per heavy atom. The largest absolute Gasteiger partial charge is 0.487 e. The van der Waals surface area contributed by atoms with Crippen LogP contribution >= 0.6 is 12.4 Å². The summed E-state index contributed by atoms with van der Waals surface area (Å²) in [4.78, 5) is 27.3. The molecule has 11 heteroatoms. The Hall–Kier alpha value is -5.01. The van der Waals surface area contributed by atoms with Gasteiger partial charge in [0.1, 0.15) is 24.0 Å². The number of aryl methyl sites for hydroxylation is 1. The molecule has 3 aromatic carbocycles. The smallest absolute Gasteiger partial charge is 0.417 e. The molecule has 212 valence electrons. The number of aromatic nitrogens is 4. The van der Waals surface area contributed by atoms with Crippen LogP contribution in [0.5, 0.6) is 5.75 Å². The van der Waals surface area contributed by atoms with Crippen molar-refractivity contribution in [2.45, 2.75) is 19.7 Å². The van der Waals surface area contributed by atoms with Crippen LogP contribution < -0.4 is 10.4 Å². The second-order valence-corrected chi connectivity index (χ2v) is 8.90. The Kier molecular flexibility index (Phi) is 9.03. The monoisotopic (exact) mass is 592 g/mol. The number of aromatic amines is 1. The van der Waals surface area contributed by atoms with Gasteiger partial charge in [-0.05, 0) is 73.7 Å². The molecule has 0 unspecified atom stereocenters. The molecule has 5 aromatic rings. The standard InChI is InChI=1S/C31H20F4N4O2.ClH/c1-19-5-2-8-24(36-19)18-41-26-10-4-9-25(31(33,34)35)27(26)29-37-28(38-30(40)39-29)22-15-13-20(14-16-22)11-12-21-6-3-7-23(32)17-21;/h2-10,13-17H,18H2,1H3,(H,37,38,39,40);1H. The van der Waals surface area contributed by atoms with Crippen LogP contribution in [0.1, 0.15) is 28.1 Å². The van der Waals surface area contributed by atoms with Gasteiger partial charge in [0.05, 0.1) is 16.8 Å². The van der Waals surface area contributed by atoms with Crippen LogP contribution in [0.3, 0.4) is 0 Å². The first-order valence-electron chi connectivity index (χ1n) is 12.3. The maximum atomic E-state index is 14.1. The highest BCUT2D eigenvalue weighted by atomic mass is 35.5. The van der Waals surface area contributed by atoms with E-state index in [1.807, 2.05) is 0 Å². The van der Waals surface area contributed by atoms with Crippen molar-refractivity contribution in [1.82, 2.24) is 19.9 Å². The predicted molar refractivity (Wildman–Crippen MR) is 151 cm³/mol. The third-order valence-corrected chi connectivity index (χ3v) is 5.86. The van der Waals surface area contributed by atoms with E-state index in [0.29, 0.717) is 22.4 Å². The minimum Gasteiger partial charge on any atom is -0.487 e. The topological polar surface area (TPSA) is 80.8 Å². The summed E-state index contributed by atoms with van der Waals surface area (Å²) in [6, 6.07) is 21.0. The summed E-state index contributed by atoms with van der Waals surface area (Å²) in [5, 5.41) is 0. The number of nitrogens with one attached hydrogen (secondary N) is 1. The lowest BCUT2D eigenvalue weighted by atomic mass is 10.0. The zero-order chi connectivity index (χ0) is 29.0. The number of nitrogens with zero attached hydrogens (tertiary/aromatic N) is 3. The number of H-pyrrole nitrogens is 1. The first-order chi connectivity index (χ1) is 19.7. The van der Waals surface area contributed by atoms with Crippen molar-refractivity contribution >= 4 is 12.4 Å². The predicted octanol–water partition coefficient (Wildman–Crippen LogP) is 6.76. The van der Waals surface area contributed by atoms with E-state index in [1.54, 1.807) is 61.5 Å². The van der Waals surface area contributed by atoms with Crippen molar-refractivity contribution in [1.29, 1.82) is 0 Å². The molecule has 0 amide bonds. The molecule has 0 aliphatic carbocycles. The highest BCUT2D eigenvalue weighted by molar-refractivity contribution is 5.85. The van der Waals surface area contributed by atoms with E-state index < -0.39 is 28.8 Å². The molecule has 0 atom stereocenters. The van der Waals surface area contributed by atoms with Crippen LogP contribution in [0.2, 0.25) is 0 Å². The third-order valence-electron chi connectivity index (χ3n) is 5.86. The normalized spacial score (nSPS) is 10.8. The lowest BCUT2D eigenvalue weighted by Gasteiger charge is -2.17. The van der Waals surface area contributed by atoms with Gasteiger partial charge < -0.3 is 4.74 Å². The summed E-state index contributed by atoms with van der Waals surface area (Å²) < 4.78 is 61.4. The Bertz CT molecular complexity index is 1850. The number of hydrogen-bond acceptors (Lipinski definition) is 5. The van der Waals surface area contributed by atoms with E-state index in [2.05, 4.69) is 31.8 Å². The van der Waals surface area contributed by atoms with Crippen LogP contribution in [0.4, 0.5) is 17.6 Å². The molecule has 0 saturated heterocycles. The van der Waals surface area contributed by atoms with Gasteiger partial charge >= 0.3 is 11.9 Å². The van der Waals surface area contributed by atoms with Crippen molar-refractivity contribution in [3.63, 3.8) is 0 Å². The molecular weight excluding hydrogens is 572 g/mol. The molecule has 0 aliphatic heterocycles. The third kappa shape index (κ3) is 7.19. The Morgan fingerprint density at radius 3 is 2.29 bits per heavy atom. The number of benzene rings is 3. The molecule has 0 bridgehead atoms. The fourth-order valence-corrected chi connectivity index (χ4v) is 4.01. The Balaban J connectivity index is 0.00000405. The maximum Gasteiger partial charge on any atom is 0.417 e. The zero-order valence-corrected chi connectivity index (χ0v) is 22.7. The summed E-state index contributed by atoms with van der Waals surface area (Å²) >= 11 is 0. The molecule has 5 rings (SSSR count). The van der Waals surface area contributed by atoms with Crippen molar-refractivity contribution in [2.24, 2.45) is 0 Å². The van der Waals surface area contributed by atoms with Crippen LogP contribution in [0, 0.1) is 24.6 Å². The quantitative estimate of drug-likeness (QED) is 0.180. The van der Waals surface area contributed by atoms with Gasteiger partial charge in [0.25, 0.3) is 0 Å². The first kappa shape index (κ1) is 30.0. The number of rotatable bonds is 5. The highest BCUT2D eigenvalue weighted by Crippen LogP contribution is 2.41. The van der Waals surface area contributed by atoms with E-state index in [9.17, 15) is 22.4 Å². The average molecular weight is 593 g/mol. The second-order valence-electron chi connectivity index (χ2n) is 8.90. The number of ether oxygens (including phenoxy) is 1. The summed E-state index contributed by atoms with van der Waals surface area (Å²) in [7, 11) is 0. The van der Waals surface area contributed by atoms with Crippen molar-refractivity contribution in [3.05, 3.63) is 129 Å². The SMILES string of the molecule is Cc1cccc(COc2cccc(C(F)(F)F)c2-c2nc(-c3ccc(C#Cc4cccc(F)c4)cc3)nc(=O)[nH]2)n1.Cl. The van der Waals surface area contributed by atoms with E-state index >= 15 is 0 Å². The molecule has 6 nitrogen and oxygen atoms in total. The van der Waals surface area contributed by atoms with Crippen molar-refractivity contribution in [2.75, 3.05) is 0 Å². The molecule has 0 radical (unpaired) electrons. The van der Waals surface area contributed by atoms with Crippen LogP contribution in [-0.4, -0.2) is 19.9 Å². The maximum absolute atomic E-state index is 14.1. The summed E-state index contributed by atoms with van der Waals surface area (Å²) in [5.41, 5.74) is 0.369. The fourth-order valence-electron chi connectivity index (χ4n) is 4.01. The summed E-state index contributed by atoms with van der Waals surface area (Å²) in [6.07, 6.45) is -4.76. The van der Waals surface area contributed by atoms with Gasteiger partial charge in [-0.1, -0.05) is 30.0 Å². The summed E-state index contributed by atoms with van der Waals surface area (Å²) in [5.74, 6) is 4.79. The highest BCUT2D eigenvalue weighted by Gasteiger charge is 2.36. The molecule has 2 heterocycles. The number of pyridine rings is 1. The molecule has 42 heavy (non-hydrogen) atoms.